The standard InChI is InChI=1S/C9H9N3O2S/c1-12-7-4-3-6(14-2)5-8(7)15-9(12)10-11-13/h3-5H,1-2H3/b10-9+. The summed E-state index contributed by atoms with van der Waals surface area (Å²) in [6.07, 6.45) is 0. The second-order valence-electron chi connectivity index (χ2n) is 2.96. The lowest BCUT2D eigenvalue weighted by atomic mass is 10.3. The van der Waals surface area contributed by atoms with Crippen LogP contribution in [0, 0.1) is 4.91 Å². The molecular weight excluding hydrogens is 214 g/mol. The lowest BCUT2D eigenvalue weighted by Gasteiger charge is -1.98. The number of thiazole rings is 1. The number of hydrogen-bond acceptors (Lipinski definition) is 4. The van der Waals surface area contributed by atoms with Gasteiger partial charge < -0.3 is 9.30 Å². The number of ether oxygens (including phenoxy) is 1. The van der Waals surface area contributed by atoms with Crippen LogP contribution in [0.15, 0.2) is 28.6 Å². The quantitative estimate of drug-likeness (QED) is 0.576. The van der Waals surface area contributed by atoms with Crippen molar-refractivity contribution in [1.29, 1.82) is 0 Å². The normalized spacial score (nSPS) is 12.0. The first kappa shape index (κ1) is 9.85. The number of aryl methyl sites for hydroxylation is 1. The summed E-state index contributed by atoms with van der Waals surface area (Å²) in [5, 5.41) is 6.05. The van der Waals surface area contributed by atoms with Gasteiger partial charge in [-0.2, -0.15) is 0 Å². The molecule has 15 heavy (non-hydrogen) atoms. The SMILES string of the molecule is COc1ccc2c(c1)s/c(=N/N=O)n2C. The van der Waals surface area contributed by atoms with E-state index in [9.17, 15) is 4.91 Å². The monoisotopic (exact) mass is 223 g/mol. The molecule has 5 nitrogen and oxygen atoms in total. The Bertz CT molecular complexity index is 570. The molecule has 0 spiro atoms. The number of benzene rings is 1. The van der Waals surface area contributed by atoms with Crippen molar-refractivity contribution in [2.75, 3.05) is 7.11 Å². The molecule has 0 atom stereocenters. The molecule has 0 fully saturated rings. The van der Waals surface area contributed by atoms with Gasteiger partial charge in [0.05, 0.1) is 22.6 Å². The van der Waals surface area contributed by atoms with E-state index in [1.54, 1.807) is 7.11 Å². The van der Waals surface area contributed by atoms with Crippen molar-refractivity contribution >= 4 is 21.6 Å². The van der Waals surface area contributed by atoms with E-state index in [2.05, 4.69) is 10.4 Å². The minimum atomic E-state index is 0.577. The molecule has 0 unspecified atom stereocenters. The van der Waals surface area contributed by atoms with Crippen molar-refractivity contribution < 1.29 is 4.74 Å². The molecular formula is C9H9N3O2S. The Hall–Kier alpha value is -1.69. The minimum absolute atomic E-state index is 0.577. The third kappa shape index (κ3) is 1.63. The molecule has 0 aliphatic rings. The topological polar surface area (TPSA) is 56.0 Å². The summed E-state index contributed by atoms with van der Waals surface area (Å²) in [7, 11) is 3.46. The molecule has 6 heteroatoms. The van der Waals surface area contributed by atoms with Gasteiger partial charge in [0.1, 0.15) is 5.75 Å². The van der Waals surface area contributed by atoms with Crippen LogP contribution in [-0.4, -0.2) is 11.7 Å². The van der Waals surface area contributed by atoms with Crippen molar-refractivity contribution in [3.05, 3.63) is 27.9 Å². The molecule has 0 radical (unpaired) electrons. The van der Waals surface area contributed by atoms with Crippen molar-refractivity contribution in [3.63, 3.8) is 0 Å². The van der Waals surface area contributed by atoms with E-state index < -0.39 is 0 Å². The molecule has 0 aliphatic carbocycles. The van der Waals surface area contributed by atoms with Gasteiger partial charge in [-0.1, -0.05) is 16.4 Å². The van der Waals surface area contributed by atoms with Crippen molar-refractivity contribution in [2.24, 2.45) is 17.4 Å². The molecule has 0 saturated carbocycles. The van der Waals surface area contributed by atoms with Crippen LogP contribution in [0.1, 0.15) is 0 Å². The van der Waals surface area contributed by atoms with E-state index in [0.717, 1.165) is 16.0 Å². The number of hydrogen-bond donors (Lipinski definition) is 0. The lowest BCUT2D eigenvalue weighted by molar-refractivity contribution is 0.415. The Morgan fingerprint density at radius 1 is 1.47 bits per heavy atom. The Morgan fingerprint density at radius 2 is 2.27 bits per heavy atom. The van der Waals surface area contributed by atoms with Gasteiger partial charge in [-0.3, -0.25) is 0 Å². The maximum atomic E-state index is 10.1. The maximum Gasteiger partial charge on any atom is 0.214 e. The molecule has 0 bridgehead atoms. The third-order valence-electron chi connectivity index (χ3n) is 2.14. The number of aromatic nitrogens is 1. The molecule has 1 aromatic heterocycles. The highest BCUT2D eigenvalue weighted by Crippen LogP contribution is 2.22. The highest BCUT2D eigenvalue weighted by molar-refractivity contribution is 7.16. The Kier molecular flexibility index (Phi) is 2.51. The van der Waals surface area contributed by atoms with E-state index in [0.29, 0.717) is 4.80 Å². The Labute approximate surface area is 89.6 Å². The zero-order valence-electron chi connectivity index (χ0n) is 8.30. The summed E-state index contributed by atoms with van der Waals surface area (Å²) >= 11 is 1.40. The maximum absolute atomic E-state index is 10.1. The van der Waals surface area contributed by atoms with Crippen LogP contribution in [0.2, 0.25) is 0 Å². The van der Waals surface area contributed by atoms with E-state index in [4.69, 9.17) is 4.74 Å². The molecule has 78 valence electrons. The molecule has 0 saturated heterocycles. The summed E-state index contributed by atoms with van der Waals surface area (Å²) in [6, 6.07) is 5.70. The van der Waals surface area contributed by atoms with Crippen molar-refractivity contribution in [2.45, 2.75) is 0 Å². The smallest absolute Gasteiger partial charge is 0.214 e. The van der Waals surface area contributed by atoms with Gasteiger partial charge in [-0.25, -0.2) is 0 Å². The average Bonchev–Trinajstić information content (AvgIpc) is 2.56. The lowest BCUT2D eigenvalue weighted by Crippen LogP contribution is -2.08. The largest absolute Gasteiger partial charge is 0.497 e. The van der Waals surface area contributed by atoms with Gasteiger partial charge in [-0.15, -0.1) is 4.91 Å². The molecule has 0 amide bonds. The average molecular weight is 223 g/mol. The molecule has 0 aliphatic heterocycles. The highest BCUT2D eigenvalue weighted by Gasteiger charge is 2.03. The Balaban J connectivity index is 2.76. The molecule has 0 N–H and O–H groups in total. The third-order valence-corrected chi connectivity index (χ3v) is 3.23. The van der Waals surface area contributed by atoms with Crippen LogP contribution in [0.3, 0.4) is 0 Å². The fraction of sp³-hybridized carbons (Fsp3) is 0.222. The highest BCUT2D eigenvalue weighted by atomic mass is 32.1. The fourth-order valence-corrected chi connectivity index (χ4v) is 2.36. The summed E-state index contributed by atoms with van der Waals surface area (Å²) in [5.74, 6) is 0.787. The summed E-state index contributed by atoms with van der Waals surface area (Å²) in [6.45, 7) is 0. The summed E-state index contributed by atoms with van der Waals surface area (Å²) in [5.41, 5.74) is 1.00. The number of methoxy groups -OCH3 is 1. The van der Waals surface area contributed by atoms with Gasteiger partial charge in [0, 0.05) is 7.05 Å². The zero-order chi connectivity index (χ0) is 10.8. The van der Waals surface area contributed by atoms with Gasteiger partial charge >= 0.3 is 0 Å². The first-order valence-electron chi connectivity index (χ1n) is 4.26. The fourth-order valence-electron chi connectivity index (χ4n) is 1.37. The molecule has 1 heterocycles. The first-order valence-corrected chi connectivity index (χ1v) is 5.08. The number of fused-ring (bicyclic) bond motifs is 1. The van der Waals surface area contributed by atoms with Crippen LogP contribution >= 0.6 is 11.3 Å². The summed E-state index contributed by atoms with van der Waals surface area (Å²) in [4.78, 5) is 10.7. The van der Waals surface area contributed by atoms with Gasteiger partial charge in [0.2, 0.25) is 4.80 Å². The Morgan fingerprint density at radius 3 is 2.93 bits per heavy atom. The van der Waals surface area contributed by atoms with Crippen LogP contribution < -0.4 is 9.54 Å². The van der Waals surface area contributed by atoms with E-state index >= 15 is 0 Å². The van der Waals surface area contributed by atoms with E-state index in [1.807, 2.05) is 29.8 Å². The second-order valence-corrected chi connectivity index (χ2v) is 3.97. The predicted molar refractivity (Wildman–Crippen MR) is 58.7 cm³/mol. The minimum Gasteiger partial charge on any atom is -0.497 e. The molecule has 2 aromatic rings. The summed E-state index contributed by atoms with van der Waals surface area (Å²) < 4.78 is 7.95. The van der Waals surface area contributed by atoms with Crippen molar-refractivity contribution in [3.8, 4) is 5.75 Å². The van der Waals surface area contributed by atoms with Crippen molar-refractivity contribution in [1.82, 2.24) is 4.57 Å². The van der Waals surface area contributed by atoms with Crippen LogP contribution in [0.25, 0.3) is 10.2 Å². The van der Waals surface area contributed by atoms with E-state index in [-0.39, 0.29) is 0 Å². The van der Waals surface area contributed by atoms with Crippen LogP contribution in [-0.2, 0) is 7.05 Å². The van der Waals surface area contributed by atoms with E-state index in [1.165, 1.54) is 11.3 Å². The van der Waals surface area contributed by atoms with Crippen LogP contribution in [0.5, 0.6) is 5.75 Å². The van der Waals surface area contributed by atoms with Gasteiger partial charge in [0.15, 0.2) is 0 Å². The van der Waals surface area contributed by atoms with Gasteiger partial charge in [0.25, 0.3) is 0 Å². The molecule has 1 aromatic carbocycles. The predicted octanol–water partition coefficient (Wildman–Crippen LogP) is 1.83. The first-order chi connectivity index (χ1) is 7.26. The molecule has 2 rings (SSSR count). The second kappa shape index (κ2) is 3.82. The number of nitrogens with zero attached hydrogens (tertiary/aromatic N) is 3. The zero-order valence-corrected chi connectivity index (χ0v) is 9.11. The van der Waals surface area contributed by atoms with Crippen LogP contribution in [0.4, 0.5) is 0 Å². The van der Waals surface area contributed by atoms with Gasteiger partial charge in [-0.05, 0) is 18.2 Å². The number of nitroso groups, excluding NO2 is 1. The number of rotatable bonds is 2.